The van der Waals surface area contributed by atoms with Crippen molar-refractivity contribution in [1.82, 2.24) is 15.0 Å². The van der Waals surface area contributed by atoms with Crippen LogP contribution in [0.3, 0.4) is 0 Å². The van der Waals surface area contributed by atoms with E-state index in [0.717, 1.165) is 50.4 Å². The number of hydrogen-bond donors (Lipinski definition) is 0. The van der Waals surface area contributed by atoms with E-state index in [9.17, 15) is 0 Å². The fraction of sp³-hybridized carbons (Fsp3) is 0.0312. The summed E-state index contributed by atoms with van der Waals surface area (Å²) >= 11 is 0. The quantitative estimate of drug-likeness (QED) is 0.187. The summed E-state index contributed by atoms with van der Waals surface area (Å²) in [7, 11) is 0. The summed E-state index contributed by atoms with van der Waals surface area (Å²) < 4.78 is 0. The van der Waals surface area contributed by atoms with E-state index in [1.54, 1.807) is 0 Å². The van der Waals surface area contributed by atoms with Crippen LogP contribution in [0.2, 0.25) is 0 Å². The maximum atomic E-state index is 4.74. The molecule has 3 aromatic heterocycles. The van der Waals surface area contributed by atoms with Gasteiger partial charge >= 0.3 is 0 Å². The second-order valence-corrected chi connectivity index (χ2v) is 8.04. The largest absolute Gasteiger partial charge is 0.305 e. The van der Waals surface area contributed by atoms with Gasteiger partial charge in [0.2, 0.25) is 0 Å². The molecule has 36 heavy (non-hydrogen) atoms. The van der Waals surface area contributed by atoms with E-state index >= 15 is 0 Å². The van der Waals surface area contributed by atoms with Crippen molar-refractivity contribution in [3.8, 4) is 33.8 Å². The minimum atomic E-state index is 0. The van der Waals surface area contributed by atoms with Crippen molar-refractivity contribution in [2.75, 3.05) is 0 Å². The van der Waals surface area contributed by atoms with Gasteiger partial charge in [-0.3, -0.25) is 0 Å². The van der Waals surface area contributed by atoms with Crippen LogP contribution in [0.4, 0.5) is 0 Å². The summed E-state index contributed by atoms with van der Waals surface area (Å²) in [5.41, 5.74) is 8.00. The molecule has 0 fully saturated rings. The minimum absolute atomic E-state index is 0. The van der Waals surface area contributed by atoms with Crippen LogP contribution >= 0.6 is 0 Å². The molecule has 1 radical (unpaired) electrons. The van der Waals surface area contributed by atoms with Crippen LogP contribution in [0.5, 0.6) is 0 Å². The Labute approximate surface area is 225 Å². The van der Waals surface area contributed by atoms with Crippen LogP contribution in [0, 0.1) is 19.1 Å². The Hall–Kier alpha value is -3.98. The molecule has 4 heteroatoms. The van der Waals surface area contributed by atoms with E-state index in [4.69, 9.17) is 4.98 Å². The Morgan fingerprint density at radius 3 is 2.03 bits per heavy atom. The Morgan fingerprint density at radius 2 is 1.31 bits per heavy atom. The van der Waals surface area contributed by atoms with Crippen molar-refractivity contribution < 1.29 is 20.1 Å². The van der Waals surface area contributed by atoms with Crippen LogP contribution in [0.25, 0.3) is 44.7 Å². The second kappa shape index (κ2) is 12.1. The van der Waals surface area contributed by atoms with Gasteiger partial charge in [-0.05, 0) is 48.1 Å². The SMILES string of the molecule is Cc1cccc(-c2[c-]cccc2)n1.[Ir].[c-]1ccccc1-c1cc(-c2ccc3ccccc3n2)ccn1. The van der Waals surface area contributed by atoms with Crippen molar-refractivity contribution in [2.45, 2.75) is 6.92 Å². The van der Waals surface area contributed by atoms with Gasteiger partial charge in [0.25, 0.3) is 0 Å². The van der Waals surface area contributed by atoms with Crippen molar-refractivity contribution in [1.29, 1.82) is 0 Å². The molecule has 0 amide bonds. The van der Waals surface area contributed by atoms with Gasteiger partial charge < -0.3 is 9.97 Å². The van der Waals surface area contributed by atoms with Gasteiger partial charge in [-0.25, -0.2) is 4.98 Å². The van der Waals surface area contributed by atoms with Crippen molar-refractivity contribution in [2.24, 2.45) is 0 Å². The average Bonchev–Trinajstić information content (AvgIpc) is 2.94. The number of aryl methyl sites for hydroxylation is 1. The first-order valence-corrected chi connectivity index (χ1v) is 11.5. The zero-order chi connectivity index (χ0) is 23.9. The van der Waals surface area contributed by atoms with E-state index in [1.807, 2.05) is 104 Å². The molecule has 0 spiro atoms. The number of rotatable bonds is 3. The van der Waals surface area contributed by atoms with E-state index < -0.39 is 0 Å². The molecule has 0 aliphatic rings. The molecule has 0 saturated heterocycles. The Morgan fingerprint density at radius 1 is 0.583 bits per heavy atom. The number of aromatic nitrogens is 3. The van der Waals surface area contributed by atoms with Crippen LogP contribution in [0.1, 0.15) is 5.69 Å². The summed E-state index contributed by atoms with van der Waals surface area (Å²) in [6.45, 7) is 1.99. The van der Waals surface area contributed by atoms with E-state index in [1.165, 1.54) is 0 Å². The first kappa shape index (κ1) is 25.1. The van der Waals surface area contributed by atoms with Crippen molar-refractivity contribution >= 4 is 10.9 Å². The number of hydrogen-bond acceptors (Lipinski definition) is 3. The molecule has 3 aromatic carbocycles. The molecule has 0 aliphatic carbocycles. The van der Waals surface area contributed by atoms with Gasteiger partial charge in [-0.1, -0.05) is 42.5 Å². The zero-order valence-corrected chi connectivity index (χ0v) is 22.1. The topological polar surface area (TPSA) is 38.7 Å². The normalized spacial score (nSPS) is 10.1. The molecule has 0 saturated carbocycles. The summed E-state index contributed by atoms with van der Waals surface area (Å²) in [6.07, 6.45) is 1.82. The third-order valence-corrected chi connectivity index (χ3v) is 5.51. The maximum absolute atomic E-state index is 4.74. The number of para-hydroxylation sites is 1. The molecular formula is C32H23IrN3-2. The van der Waals surface area contributed by atoms with E-state index in [-0.39, 0.29) is 20.1 Å². The monoisotopic (exact) mass is 642 g/mol. The third kappa shape index (κ3) is 6.17. The Bertz CT molecular complexity index is 1550. The van der Waals surface area contributed by atoms with Gasteiger partial charge in [-0.15, -0.1) is 71.8 Å². The maximum Gasteiger partial charge on any atom is 0.0709 e. The first-order chi connectivity index (χ1) is 17.3. The molecule has 177 valence electrons. The van der Waals surface area contributed by atoms with E-state index in [0.29, 0.717) is 0 Å². The summed E-state index contributed by atoms with van der Waals surface area (Å²) in [5, 5.41) is 1.15. The Balaban J connectivity index is 0.000000187. The average molecular weight is 642 g/mol. The number of pyridine rings is 3. The fourth-order valence-electron chi connectivity index (χ4n) is 3.76. The summed E-state index contributed by atoms with van der Waals surface area (Å²) in [5.74, 6) is 0. The molecule has 0 N–H and O–H groups in total. The van der Waals surface area contributed by atoms with Gasteiger partial charge in [-0.2, -0.15) is 0 Å². The number of nitrogens with zero attached hydrogens (tertiary/aromatic N) is 3. The van der Waals surface area contributed by atoms with Gasteiger partial charge in [0.15, 0.2) is 0 Å². The van der Waals surface area contributed by atoms with Crippen molar-refractivity contribution in [3.63, 3.8) is 0 Å². The molecular weight excluding hydrogens is 619 g/mol. The molecule has 3 nitrogen and oxygen atoms in total. The molecule has 0 bridgehead atoms. The zero-order valence-electron chi connectivity index (χ0n) is 19.7. The summed E-state index contributed by atoms with van der Waals surface area (Å²) in [6, 6.07) is 44.4. The smallest absolute Gasteiger partial charge is 0.0709 e. The third-order valence-electron chi connectivity index (χ3n) is 5.51. The minimum Gasteiger partial charge on any atom is -0.305 e. The molecule has 0 atom stereocenters. The summed E-state index contributed by atoms with van der Waals surface area (Å²) in [4.78, 5) is 13.6. The van der Waals surface area contributed by atoms with Gasteiger partial charge in [0.05, 0.1) is 11.2 Å². The number of fused-ring (bicyclic) bond motifs is 1. The predicted molar refractivity (Wildman–Crippen MR) is 142 cm³/mol. The van der Waals surface area contributed by atoms with E-state index in [2.05, 4.69) is 46.4 Å². The standard InChI is InChI=1S/C20H13N2.C12H10N.Ir/c1-2-6-15(7-3-1)20-14-17(12-13-21-20)19-11-10-16-8-4-5-9-18(16)22-19;1-10-6-5-9-12(13-10)11-7-3-2-4-8-11;/h1-6,8-14H;2-7,9H,1H3;/q2*-1;. The Kier molecular flexibility index (Phi) is 8.46. The molecule has 0 unspecified atom stereocenters. The van der Waals surface area contributed by atoms with Crippen LogP contribution in [0.15, 0.2) is 121 Å². The van der Waals surface area contributed by atoms with Gasteiger partial charge in [0, 0.05) is 37.4 Å². The first-order valence-electron chi connectivity index (χ1n) is 11.5. The van der Waals surface area contributed by atoms with Crippen LogP contribution < -0.4 is 0 Å². The molecule has 6 rings (SSSR count). The number of benzene rings is 3. The molecule has 3 heterocycles. The predicted octanol–water partition coefficient (Wildman–Crippen LogP) is 7.62. The molecule has 6 aromatic rings. The second-order valence-electron chi connectivity index (χ2n) is 8.04. The van der Waals surface area contributed by atoms with Crippen LogP contribution in [-0.4, -0.2) is 15.0 Å². The fourth-order valence-corrected chi connectivity index (χ4v) is 3.76. The van der Waals surface area contributed by atoms with Crippen LogP contribution in [-0.2, 0) is 20.1 Å². The molecule has 0 aliphatic heterocycles. The van der Waals surface area contributed by atoms with Crippen molar-refractivity contribution in [3.05, 3.63) is 139 Å². The van der Waals surface area contributed by atoms with Gasteiger partial charge in [0.1, 0.15) is 0 Å².